The van der Waals surface area contributed by atoms with Gasteiger partial charge in [-0.15, -0.1) is 6.58 Å². The molecule has 0 radical (unpaired) electrons. The summed E-state index contributed by atoms with van der Waals surface area (Å²) < 4.78 is 0. The third-order valence-electron chi connectivity index (χ3n) is 3.80. The minimum absolute atomic E-state index is 0.247. The smallest absolute Gasteiger partial charge is 0.305 e. The second-order valence-electron chi connectivity index (χ2n) is 5.83. The summed E-state index contributed by atoms with van der Waals surface area (Å²) in [5.74, 6) is 7.28. The molecule has 3 N–H and O–H groups in total. The van der Waals surface area contributed by atoms with Crippen LogP contribution < -0.4 is 0 Å². The second kappa shape index (κ2) is 7.03. The number of carbonyl (C=O) groups is 1. The zero-order valence-electron chi connectivity index (χ0n) is 12.4. The van der Waals surface area contributed by atoms with Gasteiger partial charge in [-0.2, -0.15) is 0 Å². The van der Waals surface area contributed by atoms with Crippen LogP contribution >= 0.6 is 0 Å². The Morgan fingerprint density at radius 3 is 2.37 bits per heavy atom. The Kier molecular flexibility index (Phi) is 6.69. The molecule has 0 aliphatic rings. The van der Waals surface area contributed by atoms with Crippen molar-refractivity contribution in [2.24, 2.45) is 0 Å². The Balaban J connectivity index is 4.70. The van der Waals surface area contributed by atoms with Gasteiger partial charge in [0.1, 0.15) is 0 Å². The number of carboxylic acids is 1. The highest BCUT2D eigenvalue weighted by Gasteiger charge is 2.31. The number of nitrogens with zero attached hydrogens (tertiary/aromatic N) is 1. The van der Waals surface area contributed by atoms with Crippen molar-refractivity contribution in [1.82, 2.24) is 5.01 Å². The molecule has 0 rings (SSSR count). The fourth-order valence-electron chi connectivity index (χ4n) is 2.01. The lowest BCUT2D eigenvalue weighted by Gasteiger charge is -2.54. The highest BCUT2D eigenvalue weighted by molar-refractivity contribution is 5.67. The monoisotopic (exact) mass is 271 g/mol. The summed E-state index contributed by atoms with van der Waals surface area (Å²) in [4.78, 5) is 10.5. The lowest BCUT2D eigenvalue weighted by atomic mass is 9.86. The maximum atomic E-state index is 10.5. The Labute approximate surface area is 116 Å². The molecule has 0 heterocycles. The van der Waals surface area contributed by atoms with Gasteiger partial charge >= 0.3 is 5.97 Å². The van der Waals surface area contributed by atoms with Crippen molar-refractivity contribution in [1.29, 1.82) is 0 Å². The van der Waals surface area contributed by atoms with Crippen LogP contribution in [-0.4, -0.2) is 38.4 Å². The lowest BCUT2D eigenvalue weighted by Crippen LogP contribution is -2.51. The van der Waals surface area contributed by atoms with E-state index in [0.29, 0.717) is 12.8 Å². The molecule has 0 amide bonds. The topological polar surface area (TPSA) is 84.6 Å². The van der Waals surface area contributed by atoms with Crippen molar-refractivity contribution < 1.29 is 15.0 Å². The largest absolute Gasteiger partial charge is 0.609 e. The fraction of sp³-hybridized carbons (Fsp3) is 0.786. The third-order valence-corrected chi connectivity index (χ3v) is 3.80. The van der Waals surface area contributed by atoms with Gasteiger partial charge in [0.25, 0.3) is 0 Å². The van der Waals surface area contributed by atoms with E-state index in [9.17, 15) is 9.90 Å². The van der Waals surface area contributed by atoms with Crippen LogP contribution in [0.25, 0.3) is 5.84 Å². The van der Waals surface area contributed by atoms with Crippen LogP contribution in [0.1, 0.15) is 53.4 Å². The lowest BCUT2D eigenvalue weighted by molar-refractivity contribution is -0.139. The van der Waals surface area contributed by atoms with Crippen LogP contribution in [0.5, 0.6) is 0 Å². The van der Waals surface area contributed by atoms with Gasteiger partial charge in [-0.25, -0.2) is 0 Å². The molecular weight excluding hydrogens is 244 g/mol. The molecule has 0 aromatic heterocycles. The summed E-state index contributed by atoms with van der Waals surface area (Å²) in [5, 5.41) is 19.8. The molecule has 112 valence electrons. The molecule has 0 aromatic rings. The molecule has 2 atom stereocenters. The van der Waals surface area contributed by atoms with Crippen LogP contribution in [0.15, 0.2) is 12.7 Å². The zero-order chi connectivity index (χ0) is 15.3. The quantitative estimate of drug-likeness (QED) is 0.498. The first-order valence-electron chi connectivity index (χ1n) is 6.64. The molecule has 0 aliphatic carbocycles. The first-order valence-corrected chi connectivity index (χ1v) is 6.64. The van der Waals surface area contributed by atoms with Gasteiger partial charge in [0.15, 0.2) is 0 Å². The Bertz CT molecular complexity index is 318. The molecule has 0 aliphatic heterocycles. The second-order valence-corrected chi connectivity index (χ2v) is 5.83. The molecule has 0 aromatic carbocycles. The van der Waals surface area contributed by atoms with Gasteiger partial charge in [0.05, 0.1) is 12.5 Å². The number of rotatable bonds is 9. The standard InChI is InChI=1S/C14H27N2O3/c1-6-13(3,4)16(15)14(5,7-2)9-8-11(17)10-12(18)19/h6,11,15,17H,1,7-10H2,2-5H3,(H,18,19)/q-1. The summed E-state index contributed by atoms with van der Waals surface area (Å²) >= 11 is 0. The number of aliphatic hydroxyl groups excluding tert-OH is 1. The number of nitrogens with one attached hydrogen (secondary N) is 1. The van der Waals surface area contributed by atoms with Gasteiger partial charge in [0.2, 0.25) is 0 Å². The van der Waals surface area contributed by atoms with Crippen molar-refractivity contribution in [3.63, 3.8) is 0 Å². The van der Waals surface area contributed by atoms with Crippen LogP contribution in [0.4, 0.5) is 0 Å². The fourth-order valence-corrected chi connectivity index (χ4v) is 2.01. The predicted octanol–water partition coefficient (Wildman–Crippen LogP) is 3.00. The molecule has 5 nitrogen and oxygen atoms in total. The Hall–Kier alpha value is -0.910. The number of hydrogen-bond donors (Lipinski definition) is 2. The van der Waals surface area contributed by atoms with Gasteiger partial charge < -0.3 is 21.1 Å². The van der Waals surface area contributed by atoms with E-state index in [-0.39, 0.29) is 6.42 Å². The summed E-state index contributed by atoms with van der Waals surface area (Å²) in [5.41, 5.74) is -0.889. The first-order chi connectivity index (χ1) is 8.59. The zero-order valence-corrected chi connectivity index (χ0v) is 12.4. The number of aliphatic hydroxyl groups is 1. The van der Waals surface area contributed by atoms with E-state index < -0.39 is 23.2 Å². The van der Waals surface area contributed by atoms with E-state index >= 15 is 0 Å². The number of carboxylic acid groups (broad SMARTS) is 1. The van der Waals surface area contributed by atoms with E-state index in [0.717, 1.165) is 6.42 Å². The highest BCUT2D eigenvalue weighted by atomic mass is 16.4. The molecular formula is C14H27N2O3-. The maximum absolute atomic E-state index is 10.5. The van der Waals surface area contributed by atoms with E-state index in [4.69, 9.17) is 10.9 Å². The first kappa shape index (κ1) is 18.1. The highest BCUT2D eigenvalue weighted by Crippen LogP contribution is 2.33. The predicted molar refractivity (Wildman–Crippen MR) is 76.6 cm³/mol. The molecule has 0 bridgehead atoms. The molecule has 0 saturated carbocycles. The van der Waals surface area contributed by atoms with Gasteiger partial charge in [-0.05, 0) is 40.0 Å². The summed E-state index contributed by atoms with van der Waals surface area (Å²) in [6, 6.07) is 0. The summed E-state index contributed by atoms with van der Waals surface area (Å²) in [6.45, 7) is 11.5. The van der Waals surface area contributed by atoms with E-state index in [1.165, 1.54) is 5.01 Å². The molecule has 0 fully saturated rings. The van der Waals surface area contributed by atoms with Crippen LogP contribution in [-0.2, 0) is 4.79 Å². The van der Waals surface area contributed by atoms with Gasteiger partial charge in [-0.1, -0.05) is 13.0 Å². The summed E-state index contributed by atoms with van der Waals surface area (Å²) in [7, 11) is 0. The molecule has 19 heavy (non-hydrogen) atoms. The van der Waals surface area contributed by atoms with Crippen molar-refractivity contribution in [2.45, 2.75) is 70.6 Å². The molecule has 0 saturated heterocycles. The van der Waals surface area contributed by atoms with Crippen LogP contribution in [0.2, 0.25) is 0 Å². The Morgan fingerprint density at radius 1 is 1.47 bits per heavy atom. The van der Waals surface area contributed by atoms with E-state index in [1.54, 1.807) is 6.08 Å². The van der Waals surface area contributed by atoms with Gasteiger partial charge in [-0.3, -0.25) is 4.79 Å². The summed E-state index contributed by atoms with van der Waals surface area (Å²) in [6.07, 6.45) is 2.30. The van der Waals surface area contributed by atoms with E-state index in [1.807, 2.05) is 27.7 Å². The van der Waals surface area contributed by atoms with Crippen molar-refractivity contribution in [2.75, 3.05) is 0 Å². The van der Waals surface area contributed by atoms with E-state index in [2.05, 4.69) is 6.58 Å². The van der Waals surface area contributed by atoms with Crippen molar-refractivity contribution in [3.8, 4) is 0 Å². The van der Waals surface area contributed by atoms with Gasteiger partial charge in [0, 0.05) is 11.1 Å². The Morgan fingerprint density at radius 2 is 2.00 bits per heavy atom. The number of hydrogen-bond acceptors (Lipinski definition) is 3. The third kappa shape index (κ3) is 5.30. The van der Waals surface area contributed by atoms with Crippen molar-refractivity contribution in [3.05, 3.63) is 18.5 Å². The molecule has 2 unspecified atom stereocenters. The minimum Gasteiger partial charge on any atom is -0.609 e. The maximum Gasteiger partial charge on any atom is 0.305 e. The average molecular weight is 271 g/mol. The normalized spacial score (nSPS) is 17.0. The average Bonchev–Trinajstić information content (AvgIpc) is 2.34. The SMILES string of the molecule is C=CC(C)(C)N([NH-])C(C)(CC)CCC(O)CC(=O)O. The van der Waals surface area contributed by atoms with Crippen LogP contribution in [0.3, 0.4) is 0 Å². The number of aliphatic carboxylic acids is 1. The van der Waals surface area contributed by atoms with Crippen molar-refractivity contribution >= 4 is 5.97 Å². The molecule has 0 spiro atoms. The minimum atomic E-state index is -1.00. The molecule has 5 heteroatoms. The van der Waals surface area contributed by atoms with Crippen LogP contribution in [0, 0.1) is 0 Å².